The summed E-state index contributed by atoms with van der Waals surface area (Å²) in [4.78, 5) is 0. The average molecular weight is 232 g/mol. The summed E-state index contributed by atoms with van der Waals surface area (Å²) < 4.78 is 7.70. The van der Waals surface area contributed by atoms with E-state index in [-0.39, 0.29) is 0 Å². The second-order valence-corrected chi connectivity index (χ2v) is 4.44. The number of hydrogen-bond donors (Lipinski definition) is 1. The summed E-state index contributed by atoms with van der Waals surface area (Å²) in [5.74, 6) is 1.30. The van der Waals surface area contributed by atoms with Gasteiger partial charge in [-0.2, -0.15) is 0 Å². The standard InChI is InChI=1S/C14H20N2O/c1-4-17-11-5-6-14-12(7-11)13(9-16(14)3)10(2)8-15/h5-7,9-10H,4,8,15H2,1-3H3. The Labute approximate surface area is 102 Å². The molecule has 0 saturated heterocycles. The summed E-state index contributed by atoms with van der Waals surface area (Å²) in [5, 5.41) is 1.25. The predicted molar refractivity (Wildman–Crippen MR) is 71.6 cm³/mol. The molecule has 2 N–H and O–H groups in total. The second-order valence-electron chi connectivity index (χ2n) is 4.44. The monoisotopic (exact) mass is 232 g/mol. The van der Waals surface area contributed by atoms with E-state index in [4.69, 9.17) is 10.5 Å². The molecule has 92 valence electrons. The highest BCUT2D eigenvalue weighted by molar-refractivity contribution is 5.85. The van der Waals surface area contributed by atoms with Crippen molar-refractivity contribution in [1.29, 1.82) is 0 Å². The number of aryl methyl sites for hydroxylation is 1. The maximum Gasteiger partial charge on any atom is 0.120 e. The molecule has 3 heteroatoms. The first kappa shape index (κ1) is 12.0. The van der Waals surface area contributed by atoms with Crippen LogP contribution in [0.1, 0.15) is 25.3 Å². The minimum atomic E-state index is 0.371. The molecule has 0 aliphatic carbocycles. The molecule has 1 aromatic carbocycles. The highest BCUT2D eigenvalue weighted by Gasteiger charge is 2.12. The van der Waals surface area contributed by atoms with Crippen molar-refractivity contribution in [2.24, 2.45) is 12.8 Å². The van der Waals surface area contributed by atoms with E-state index in [0.717, 1.165) is 5.75 Å². The van der Waals surface area contributed by atoms with Gasteiger partial charge in [0, 0.05) is 24.1 Å². The molecular formula is C14H20N2O. The quantitative estimate of drug-likeness (QED) is 0.880. The van der Waals surface area contributed by atoms with Gasteiger partial charge in [-0.15, -0.1) is 0 Å². The van der Waals surface area contributed by atoms with Gasteiger partial charge in [-0.1, -0.05) is 6.92 Å². The first-order valence-corrected chi connectivity index (χ1v) is 6.09. The normalized spacial score (nSPS) is 12.9. The molecule has 1 unspecified atom stereocenters. The molecule has 1 heterocycles. The number of hydrogen-bond acceptors (Lipinski definition) is 2. The Morgan fingerprint density at radius 1 is 1.41 bits per heavy atom. The van der Waals surface area contributed by atoms with Crippen LogP contribution in [0.15, 0.2) is 24.4 Å². The van der Waals surface area contributed by atoms with Gasteiger partial charge in [-0.3, -0.25) is 0 Å². The SMILES string of the molecule is CCOc1ccc2c(c1)c(C(C)CN)cn2C. The summed E-state index contributed by atoms with van der Waals surface area (Å²) in [6, 6.07) is 6.23. The Hall–Kier alpha value is -1.48. The number of rotatable bonds is 4. The highest BCUT2D eigenvalue weighted by Crippen LogP contribution is 2.29. The van der Waals surface area contributed by atoms with E-state index in [1.165, 1.54) is 16.5 Å². The fraction of sp³-hybridized carbons (Fsp3) is 0.429. The lowest BCUT2D eigenvalue weighted by Gasteiger charge is -2.08. The van der Waals surface area contributed by atoms with Crippen molar-refractivity contribution < 1.29 is 4.74 Å². The molecule has 1 atom stereocenters. The summed E-state index contributed by atoms with van der Waals surface area (Å²) in [5.41, 5.74) is 8.28. The van der Waals surface area contributed by atoms with E-state index >= 15 is 0 Å². The van der Waals surface area contributed by atoms with Crippen LogP contribution in [0.25, 0.3) is 10.9 Å². The molecule has 3 nitrogen and oxygen atoms in total. The minimum absolute atomic E-state index is 0.371. The Balaban J connectivity index is 2.56. The summed E-state index contributed by atoms with van der Waals surface area (Å²) >= 11 is 0. The van der Waals surface area contributed by atoms with Crippen LogP contribution in [0.2, 0.25) is 0 Å². The maximum atomic E-state index is 5.76. The van der Waals surface area contributed by atoms with E-state index < -0.39 is 0 Å². The summed E-state index contributed by atoms with van der Waals surface area (Å²) in [7, 11) is 2.06. The Morgan fingerprint density at radius 2 is 2.18 bits per heavy atom. The van der Waals surface area contributed by atoms with Gasteiger partial charge in [0.15, 0.2) is 0 Å². The molecular weight excluding hydrogens is 212 g/mol. The van der Waals surface area contributed by atoms with Crippen LogP contribution in [-0.4, -0.2) is 17.7 Å². The summed E-state index contributed by atoms with van der Waals surface area (Å²) in [6.07, 6.45) is 2.16. The number of fused-ring (bicyclic) bond motifs is 1. The maximum absolute atomic E-state index is 5.76. The van der Waals surface area contributed by atoms with Crippen LogP contribution in [0.4, 0.5) is 0 Å². The van der Waals surface area contributed by atoms with Crippen LogP contribution in [0.3, 0.4) is 0 Å². The molecule has 17 heavy (non-hydrogen) atoms. The molecule has 0 saturated carbocycles. The molecule has 0 bridgehead atoms. The fourth-order valence-electron chi connectivity index (χ4n) is 2.18. The third-order valence-corrected chi connectivity index (χ3v) is 3.19. The van der Waals surface area contributed by atoms with E-state index in [2.05, 4.69) is 36.9 Å². The van der Waals surface area contributed by atoms with E-state index in [1.54, 1.807) is 0 Å². The van der Waals surface area contributed by atoms with E-state index in [1.807, 2.05) is 13.0 Å². The van der Waals surface area contributed by atoms with Crippen LogP contribution in [0.5, 0.6) is 5.75 Å². The molecule has 0 fully saturated rings. The molecule has 0 aliphatic rings. The molecule has 1 aromatic heterocycles. The zero-order valence-corrected chi connectivity index (χ0v) is 10.7. The number of nitrogens with two attached hydrogens (primary N) is 1. The molecule has 0 aliphatic heterocycles. The van der Waals surface area contributed by atoms with Gasteiger partial charge < -0.3 is 15.0 Å². The second kappa shape index (κ2) is 4.80. The van der Waals surface area contributed by atoms with Gasteiger partial charge in [0.25, 0.3) is 0 Å². The lowest BCUT2D eigenvalue weighted by Crippen LogP contribution is -2.08. The van der Waals surface area contributed by atoms with Crippen LogP contribution in [-0.2, 0) is 7.05 Å². The van der Waals surface area contributed by atoms with Crippen LogP contribution >= 0.6 is 0 Å². The van der Waals surface area contributed by atoms with Gasteiger partial charge >= 0.3 is 0 Å². The van der Waals surface area contributed by atoms with Crippen molar-refractivity contribution in [1.82, 2.24) is 4.57 Å². The predicted octanol–water partition coefficient (Wildman–Crippen LogP) is 2.64. The first-order valence-electron chi connectivity index (χ1n) is 6.09. The zero-order valence-electron chi connectivity index (χ0n) is 10.7. The minimum Gasteiger partial charge on any atom is -0.494 e. The summed E-state index contributed by atoms with van der Waals surface area (Å²) in [6.45, 7) is 5.51. The third-order valence-electron chi connectivity index (χ3n) is 3.19. The van der Waals surface area contributed by atoms with Crippen molar-refractivity contribution in [3.05, 3.63) is 30.0 Å². The lowest BCUT2D eigenvalue weighted by molar-refractivity contribution is 0.340. The van der Waals surface area contributed by atoms with Crippen LogP contribution in [0, 0.1) is 0 Å². The van der Waals surface area contributed by atoms with Crippen molar-refractivity contribution >= 4 is 10.9 Å². The smallest absolute Gasteiger partial charge is 0.120 e. The molecule has 2 rings (SSSR count). The molecule has 2 aromatic rings. The Kier molecular flexibility index (Phi) is 3.38. The largest absolute Gasteiger partial charge is 0.494 e. The first-order chi connectivity index (χ1) is 8.17. The van der Waals surface area contributed by atoms with Crippen molar-refractivity contribution in [3.63, 3.8) is 0 Å². The number of ether oxygens (including phenoxy) is 1. The van der Waals surface area contributed by atoms with Gasteiger partial charge in [0.05, 0.1) is 6.61 Å². The van der Waals surface area contributed by atoms with E-state index in [0.29, 0.717) is 19.1 Å². The number of aromatic nitrogens is 1. The van der Waals surface area contributed by atoms with Crippen molar-refractivity contribution in [2.75, 3.05) is 13.2 Å². The van der Waals surface area contributed by atoms with Gasteiger partial charge in [-0.05, 0) is 43.1 Å². The third kappa shape index (κ3) is 2.15. The zero-order chi connectivity index (χ0) is 12.4. The van der Waals surface area contributed by atoms with Gasteiger partial charge in [0.1, 0.15) is 5.75 Å². The van der Waals surface area contributed by atoms with Crippen molar-refractivity contribution in [3.8, 4) is 5.75 Å². The fourth-order valence-corrected chi connectivity index (χ4v) is 2.18. The van der Waals surface area contributed by atoms with Crippen LogP contribution < -0.4 is 10.5 Å². The number of benzene rings is 1. The van der Waals surface area contributed by atoms with E-state index in [9.17, 15) is 0 Å². The average Bonchev–Trinajstić information content (AvgIpc) is 2.66. The molecule has 0 radical (unpaired) electrons. The highest BCUT2D eigenvalue weighted by atomic mass is 16.5. The lowest BCUT2D eigenvalue weighted by atomic mass is 10.0. The van der Waals surface area contributed by atoms with Gasteiger partial charge in [-0.25, -0.2) is 0 Å². The molecule has 0 spiro atoms. The Morgan fingerprint density at radius 3 is 2.82 bits per heavy atom. The van der Waals surface area contributed by atoms with Crippen molar-refractivity contribution in [2.45, 2.75) is 19.8 Å². The Bertz CT molecular complexity index is 516. The number of nitrogens with zero attached hydrogens (tertiary/aromatic N) is 1. The van der Waals surface area contributed by atoms with Gasteiger partial charge in [0.2, 0.25) is 0 Å². The topological polar surface area (TPSA) is 40.2 Å². The molecule has 0 amide bonds.